The largest absolute Gasteiger partial charge is 0.323 e. The van der Waals surface area contributed by atoms with Gasteiger partial charge in [0.05, 0.1) is 16.2 Å². The van der Waals surface area contributed by atoms with E-state index in [1.54, 1.807) is 16.2 Å². The smallest absolute Gasteiger partial charge is 0.321 e. The van der Waals surface area contributed by atoms with E-state index in [-0.39, 0.29) is 18.3 Å². The quantitative estimate of drug-likeness (QED) is 0.843. The molecular formula is C19H22N2O3S2. The standard InChI is InChI=1S/C19H22N2O3S2/c22-18(20-16-6-2-1-5-15(16)17-7-3-13-25-17)21-11-10-19(8-4-9-19)26(23,24)14-12-21/h1-3,5-7,13H,4,8-12,14H2,(H,20,22). The Morgan fingerprint density at radius 2 is 1.88 bits per heavy atom. The van der Waals surface area contributed by atoms with E-state index in [2.05, 4.69) is 5.32 Å². The summed E-state index contributed by atoms with van der Waals surface area (Å²) in [5, 5.41) is 4.99. The third-order valence-electron chi connectivity index (χ3n) is 5.63. The summed E-state index contributed by atoms with van der Waals surface area (Å²) in [6.07, 6.45) is 3.01. The van der Waals surface area contributed by atoms with Crippen molar-refractivity contribution in [1.82, 2.24) is 4.90 Å². The van der Waals surface area contributed by atoms with E-state index in [4.69, 9.17) is 0 Å². The normalized spacial score (nSPS) is 21.0. The number of carbonyl (C=O) groups is 1. The Labute approximate surface area is 157 Å². The average molecular weight is 391 g/mol. The Bertz CT molecular complexity index is 903. The van der Waals surface area contributed by atoms with Crippen LogP contribution in [0.1, 0.15) is 25.7 Å². The number of thiophene rings is 1. The number of nitrogens with one attached hydrogen (secondary N) is 1. The van der Waals surface area contributed by atoms with E-state index in [1.165, 1.54) is 0 Å². The van der Waals surface area contributed by atoms with E-state index in [9.17, 15) is 13.2 Å². The third kappa shape index (κ3) is 3.03. The number of hydrogen-bond donors (Lipinski definition) is 1. The van der Waals surface area contributed by atoms with Gasteiger partial charge in [0.2, 0.25) is 0 Å². The Kier molecular flexibility index (Phi) is 4.52. The minimum atomic E-state index is -3.13. The van der Waals surface area contributed by atoms with Gasteiger partial charge in [0, 0.05) is 23.5 Å². The fourth-order valence-electron chi connectivity index (χ4n) is 3.82. The van der Waals surface area contributed by atoms with Gasteiger partial charge in [-0.1, -0.05) is 30.7 Å². The maximum atomic E-state index is 12.8. The van der Waals surface area contributed by atoms with Crippen LogP contribution in [0.5, 0.6) is 0 Å². The van der Waals surface area contributed by atoms with Gasteiger partial charge in [-0.05, 0) is 36.8 Å². The predicted octanol–water partition coefficient (Wildman–Crippen LogP) is 3.99. The number of nitrogens with zero attached hydrogens (tertiary/aromatic N) is 1. The first-order valence-electron chi connectivity index (χ1n) is 8.92. The van der Waals surface area contributed by atoms with Crippen LogP contribution in [-0.4, -0.2) is 42.9 Å². The number of benzene rings is 1. The number of anilines is 1. The fourth-order valence-corrected chi connectivity index (χ4v) is 6.79. The predicted molar refractivity (Wildman–Crippen MR) is 105 cm³/mol. The first kappa shape index (κ1) is 17.5. The molecule has 7 heteroatoms. The van der Waals surface area contributed by atoms with Gasteiger partial charge in [0.15, 0.2) is 9.84 Å². The van der Waals surface area contributed by atoms with Crippen molar-refractivity contribution in [2.75, 3.05) is 24.2 Å². The highest BCUT2D eigenvalue weighted by Crippen LogP contribution is 2.44. The van der Waals surface area contributed by atoms with E-state index < -0.39 is 14.6 Å². The van der Waals surface area contributed by atoms with Crippen molar-refractivity contribution in [1.29, 1.82) is 0 Å². The van der Waals surface area contributed by atoms with Crippen molar-refractivity contribution in [3.05, 3.63) is 41.8 Å². The summed E-state index contributed by atoms with van der Waals surface area (Å²) < 4.78 is 24.6. The summed E-state index contributed by atoms with van der Waals surface area (Å²) in [4.78, 5) is 15.5. The molecule has 26 heavy (non-hydrogen) atoms. The minimum Gasteiger partial charge on any atom is -0.323 e. The summed E-state index contributed by atoms with van der Waals surface area (Å²) in [5.41, 5.74) is 1.74. The molecule has 2 aliphatic rings. The maximum Gasteiger partial charge on any atom is 0.321 e. The SMILES string of the molecule is O=C(Nc1ccccc1-c1cccs1)N1CCC2(CCC2)S(=O)(=O)CC1. The van der Waals surface area contributed by atoms with Crippen molar-refractivity contribution in [2.45, 2.75) is 30.4 Å². The van der Waals surface area contributed by atoms with Crippen LogP contribution < -0.4 is 5.32 Å². The first-order chi connectivity index (χ1) is 12.5. The monoisotopic (exact) mass is 390 g/mol. The van der Waals surface area contributed by atoms with E-state index in [0.717, 1.165) is 35.4 Å². The topological polar surface area (TPSA) is 66.5 Å². The Morgan fingerprint density at radius 3 is 2.58 bits per heavy atom. The van der Waals surface area contributed by atoms with Crippen molar-refractivity contribution in [2.24, 2.45) is 0 Å². The molecule has 4 rings (SSSR count). The van der Waals surface area contributed by atoms with Gasteiger partial charge < -0.3 is 10.2 Å². The lowest BCUT2D eigenvalue weighted by Gasteiger charge is -2.39. The molecule has 0 bridgehead atoms. The number of carbonyl (C=O) groups excluding carboxylic acids is 1. The molecule has 1 spiro atoms. The Morgan fingerprint density at radius 1 is 1.08 bits per heavy atom. The highest BCUT2D eigenvalue weighted by molar-refractivity contribution is 7.92. The third-order valence-corrected chi connectivity index (χ3v) is 9.19. The molecule has 2 amide bonds. The van der Waals surface area contributed by atoms with Gasteiger partial charge in [-0.15, -0.1) is 11.3 Å². The van der Waals surface area contributed by atoms with Crippen molar-refractivity contribution in [3.8, 4) is 10.4 Å². The summed E-state index contributed by atoms with van der Waals surface area (Å²) in [7, 11) is -3.13. The van der Waals surface area contributed by atoms with Crippen LogP contribution in [0.3, 0.4) is 0 Å². The zero-order valence-electron chi connectivity index (χ0n) is 14.5. The van der Waals surface area contributed by atoms with Crippen LogP contribution in [0.4, 0.5) is 10.5 Å². The molecule has 0 unspecified atom stereocenters. The molecule has 2 fully saturated rings. The van der Waals surface area contributed by atoms with Gasteiger partial charge in [0.25, 0.3) is 0 Å². The van der Waals surface area contributed by atoms with Crippen molar-refractivity contribution < 1.29 is 13.2 Å². The zero-order chi connectivity index (χ0) is 18.2. The number of urea groups is 1. The highest BCUT2D eigenvalue weighted by atomic mass is 32.2. The van der Waals surface area contributed by atoms with Crippen LogP contribution in [0.15, 0.2) is 41.8 Å². The van der Waals surface area contributed by atoms with E-state index in [0.29, 0.717) is 13.0 Å². The van der Waals surface area contributed by atoms with E-state index in [1.807, 2.05) is 41.8 Å². The molecule has 0 radical (unpaired) electrons. The lowest BCUT2D eigenvalue weighted by atomic mass is 9.81. The summed E-state index contributed by atoms with van der Waals surface area (Å²) in [6.45, 7) is 0.753. The second kappa shape index (κ2) is 6.70. The summed E-state index contributed by atoms with van der Waals surface area (Å²) in [5.74, 6) is 0.0625. The lowest BCUT2D eigenvalue weighted by molar-refractivity contribution is 0.209. The Hall–Kier alpha value is -1.86. The van der Waals surface area contributed by atoms with Crippen molar-refractivity contribution >= 4 is 32.9 Å². The molecule has 1 saturated heterocycles. The summed E-state index contributed by atoms with van der Waals surface area (Å²) >= 11 is 1.62. The fraction of sp³-hybridized carbons (Fsp3) is 0.421. The number of rotatable bonds is 2. The van der Waals surface area contributed by atoms with Gasteiger partial charge in [-0.3, -0.25) is 0 Å². The molecule has 138 valence electrons. The van der Waals surface area contributed by atoms with Gasteiger partial charge in [-0.25, -0.2) is 13.2 Å². The molecule has 1 aromatic carbocycles. The van der Waals surface area contributed by atoms with Crippen LogP contribution in [0, 0.1) is 0 Å². The van der Waals surface area contributed by atoms with Crippen LogP contribution in [0.25, 0.3) is 10.4 Å². The first-order valence-corrected chi connectivity index (χ1v) is 11.5. The van der Waals surface area contributed by atoms with Crippen LogP contribution in [0.2, 0.25) is 0 Å². The van der Waals surface area contributed by atoms with Crippen molar-refractivity contribution in [3.63, 3.8) is 0 Å². The minimum absolute atomic E-state index is 0.0625. The Balaban J connectivity index is 1.51. The zero-order valence-corrected chi connectivity index (χ0v) is 16.1. The maximum absolute atomic E-state index is 12.8. The molecule has 1 N–H and O–H groups in total. The number of sulfone groups is 1. The number of hydrogen-bond acceptors (Lipinski definition) is 4. The molecule has 1 aliphatic heterocycles. The molecule has 1 aliphatic carbocycles. The van der Waals surface area contributed by atoms with Gasteiger partial charge in [-0.2, -0.15) is 0 Å². The highest BCUT2D eigenvalue weighted by Gasteiger charge is 2.49. The molecule has 1 aromatic heterocycles. The average Bonchev–Trinajstić information content (AvgIpc) is 3.06. The van der Waals surface area contributed by atoms with Gasteiger partial charge in [0.1, 0.15) is 0 Å². The number of para-hydroxylation sites is 1. The second-order valence-electron chi connectivity index (χ2n) is 7.05. The van der Waals surface area contributed by atoms with Gasteiger partial charge >= 0.3 is 6.03 Å². The lowest BCUT2D eigenvalue weighted by Crippen LogP contribution is -2.46. The van der Waals surface area contributed by atoms with Crippen LogP contribution in [-0.2, 0) is 9.84 Å². The van der Waals surface area contributed by atoms with Crippen LogP contribution >= 0.6 is 11.3 Å². The molecule has 5 nitrogen and oxygen atoms in total. The number of amides is 2. The van der Waals surface area contributed by atoms with E-state index >= 15 is 0 Å². The molecule has 2 heterocycles. The molecule has 2 aromatic rings. The molecule has 1 saturated carbocycles. The molecular weight excluding hydrogens is 368 g/mol. The second-order valence-corrected chi connectivity index (χ2v) is 10.5. The summed E-state index contributed by atoms with van der Waals surface area (Å²) in [6, 6.07) is 11.5. The molecule has 0 atom stereocenters.